The Bertz CT molecular complexity index is 1040. The molecule has 1 fully saturated rings. The van der Waals surface area contributed by atoms with Crippen molar-refractivity contribution >= 4 is 18.0 Å². The van der Waals surface area contributed by atoms with E-state index in [9.17, 15) is 19.5 Å². The maximum absolute atomic E-state index is 12.9. The quantitative estimate of drug-likeness (QED) is 0.697. The van der Waals surface area contributed by atoms with E-state index in [1.165, 1.54) is 4.90 Å². The van der Waals surface area contributed by atoms with Crippen LogP contribution in [0.15, 0.2) is 48.5 Å². The van der Waals surface area contributed by atoms with Gasteiger partial charge in [0.25, 0.3) is 0 Å². The van der Waals surface area contributed by atoms with Crippen LogP contribution in [0, 0.1) is 5.92 Å². The number of carboxylic acid groups (broad SMARTS) is 1. The molecular weight excluding hydrogens is 424 g/mol. The molecule has 0 saturated carbocycles. The second-order valence-corrected chi connectivity index (χ2v) is 8.93. The van der Waals surface area contributed by atoms with Crippen LogP contribution >= 0.6 is 0 Å². The molecule has 2 aromatic rings. The molecule has 2 aromatic carbocycles. The summed E-state index contributed by atoms with van der Waals surface area (Å²) in [6.07, 6.45) is -0.622. The summed E-state index contributed by atoms with van der Waals surface area (Å²) in [6, 6.07) is 15.1. The standard InChI is InChI=1S/C25H28N2O6/c1-15(22(28)27-21(23(29)30)14-33-25(27,2)3)12-26-24(31)32-13-20-18-10-6-4-8-16(18)17-9-5-7-11-19(17)20/h4-11,15,20-21H,12-14H2,1-3H3,(H,26,31)(H,29,30)/t15-,21+/m1/s1. The van der Waals surface area contributed by atoms with E-state index in [0.29, 0.717) is 0 Å². The highest BCUT2D eigenvalue weighted by atomic mass is 16.5. The van der Waals surface area contributed by atoms with Gasteiger partial charge in [-0.15, -0.1) is 0 Å². The number of hydrogen-bond donors (Lipinski definition) is 2. The van der Waals surface area contributed by atoms with Gasteiger partial charge in [-0.25, -0.2) is 9.59 Å². The van der Waals surface area contributed by atoms with Crippen LogP contribution in [-0.4, -0.2) is 59.5 Å². The lowest BCUT2D eigenvalue weighted by molar-refractivity contribution is -0.157. The number of nitrogens with one attached hydrogen (secondary N) is 1. The van der Waals surface area contributed by atoms with Crippen molar-refractivity contribution in [1.82, 2.24) is 10.2 Å². The van der Waals surface area contributed by atoms with Crippen molar-refractivity contribution in [2.75, 3.05) is 19.8 Å². The van der Waals surface area contributed by atoms with E-state index < -0.39 is 35.7 Å². The van der Waals surface area contributed by atoms with Gasteiger partial charge in [0, 0.05) is 12.5 Å². The first-order valence-electron chi connectivity index (χ1n) is 11.0. The summed E-state index contributed by atoms with van der Waals surface area (Å²) >= 11 is 0. The average molecular weight is 453 g/mol. The minimum atomic E-state index is -1.12. The molecule has 0 spiro atoms. The Morgan fingerprint density at radius 2 is 1.70 bits per heavy atom. The molecule has 1 aliphatic heterocycles. The summed E-state index contributed by atoms with van der Waals surface area (Å²) in [5.74, 6) is -2.22. The molecule has 8 heteroatoms. The summed E-state index contributed by atoms with van der Waals surface area (Å²) in [6.45, 7) is 5.07. The monoisotopic (exact) mass is 452 g/mol. The van der Waals surface area contributed by atoms with Crippen molar-refractivity contribution in [1.29, 1.82) is 0 Å². The predicted octanol–water partition coefficient (Wildman–Crippen LogP) is 3.21. The molecule has 2 aliphatic rings. The number of alkyl carbamates (subject to hydrolysis) is 1. The number of fused-ring (bicyclic) bond motifs is 3. The van der Waals surface area contributed by atoms with Gasteiger partial charge < -0.3 is 19.9 Å². The second-order valence-electron chi connectivity index (χ2n) is 8.93. The van der Waals surface area contributed by atoms with Crippen molar-refractivity contribution in [3.05, 3.63) is 59.7 Å². The highest BCUT2D eigenvalue weighted by Crippen LogP contribution is 2.44. The predicted molar refractivity (Wildman–Crippen MR) is 121 cm³/mol. The summed E-state index contributed by atoms with van der Waals surface area (Å²) in [5, 5.41) is 12.0. The molecule has 1 heterocycles. The zero-order valence-corrected chi connectivity index (χ0v) is 18.9. The number of carbonyl (C=O) groups is 3. The molecule has 2 atom stereocenters. The van der Waals surface area contributed by atoms with Crippen LogP contribution in [0.2, 0.25) is 0 Å². The zero-order valence-electron chi connectivity index (χ0n) is 18.9. The van der Waals surface area contributed by atoms with Gasteiger partial charge in [-0.3, -0.25) is 9.69 Å². The van der Waals surface area contributed by atoms with Crippen LogP contribution in [0.5, 0.6) is 0 Å². The normalized spacial score (nSPS) is 19.5. The van der Waals surface area contributed by atoms with E-state index >= 15 is 0 Å². The highest BCUT2D eigenvalue weighted by molar-refractivity contribution is 5.86. The van der Waals surface area contributed by atoms with E-state index in [0.717, 1.165) is 22.3 Å². The molecule has 2 amide bonds. The number of rotatable bonds is 6. The zero-order chi connectivity index (χ0) is 23.8. The number of hydrogen-bond acceptors (Lipinski definition) is 5. The van der Waals surface area contributed by atoms with Crippen LogP contribution in [0.4, 0.5) is 4.79 Å². The minimum Gasteiger partial charge on any atom is -0.480 e. The van der Waals surface area contributed by atoms with Gasteiger partial charge in [0.15, 0.2) is 6.04 Å². The van der Waals surface area contributed by atoms with Gasteiger partial charge in [-0.1, -0.05) is 55.5 Å². The van der Waals surface area contributed by atoms with Gasteiger partial charge in [0.2, 0.25) is 5.91 Å². The molecule has 4 rings (SSSR count). The Hall–Kier alpha value is -3.39. The van der Waals surface area contributed by atoms with E-state index in [1.54, 1.807) is 20.8 Å². The molecule has 33 heavy (non-hydrogen) atoms. The van der Waals surface area contributed by atoms with Crippen LogP contribution in [0.25, 0.3) is 11.1 Å². The lowest BCUT2D eigenvalue weighted by Gasteiger charge is -2.34. The third-order valence-corrected chi connectivity index (χ3v) is 6.33. The highest BCUT2D eigenvalue weighted by Gasteiger charge is 2.48. The topological polar surface area (TPSA) is 105 Å². The number of ether oxygens (including phenoxy) is 2. The molecule has 8 nitrogen and oxygen atoms in total. The van der Waals surface area contributed by atoms with Crippen molar-refractivity contribution in [3.8, 4) is 11.1 Å². The van der Waals surface area contributed by atoms with E-state index in [-0.39, 0.29) is 25.7 Å². The number of benzene rings is 2. The van der Waals surface area contributed by atoms with Crippen molar-refractivity contribution in [2.24, 2.45) is 5.92 Å². The van der Waals surface area contributed by atoms with Crippen LogP contribution in [-0.2, 0) is 19.1 Å². The molecular formula is C25H28N2O6. The van der Waals surface area contributed by atoms with Crippen LogP contribution in [0.1, 0.15) is 37.8 Å². The summed E-state index contributed by atoms with van der Waals surface area (Å²) in [5.41, 5.74) is 3.49. The maximum atomic E-state index is 12.9. The molecule has 0 bridgehead atoms. The average Bonchev–Trinajstić information content (AvgIpc) is 3.29. The summed E-state index contributed by atoms with van der Waals surface area (Å²) in [7, 11) is 0. The first-order valence-corrected chi connectivity index (χ1v) is 11.0. The second kappa shape index (κ2) is 8.86. The summed E-state index contributed by atoms with van der Waals surface area (Å²) in [4.78, 5) is 38.1. The third kappa shape index (κ3) is 4.30. The Morgan fingerprint density at radius 1 is 1.12 bits per heavy atom. The largest absolute Gasteiger partial charge is 0.480 e. The molecule has 1 aliphatic carbocycles. The molecule has 1 saturated heterocycles. The number of amides is 2. The Balaban J connectivity index is 1.35. The lowest BCUT2D eigenvalue weighted by Crippen LogP contribution is -2.53. The summed E-state index contributed by atoms with van der Waals surface area (Å²) < 4.78 is 11.0. The van der Waals surface area contributed by atoms with Crippen LogP contribution < -0.4 is 5.32 Å². The molecule has 0 radical (unpaired) electrons. The van der Waals surface area contributed by atoms with Gasteiger partial charge in [-0.2, -0.15) is 0 Å². The van der Waals surface area contributed by atoms with Crippen molar-refractivity contribution in [2.45, 2.75) is 38.5 Å². The first kappa shape index (κ1) is 22.8. The number of carbonyl (C=O) groups excluding carboxylic acids is 2. The van der Waals surface area contributed by atoms with E-state index in [2.05, 4.69) is 17.4 Å². The molecule has 2 N–H and O–H groups in total. The smallest absolute Gasteiger partial charge is 0.407 e. The van der Waals surface area contributed by atoms with Gasteiger partial charge in [0.1, 0.15) is 12.3 Å². The first-order chi connectivity index (χ1) is 15.7. The van der Waals surface area contributed by atoms with Crippen molar-refractivity contribution < 1.29 is 29.0 Å². The molecule has 0 unspecified atom stereocenters. The Kier molecular flexibility index (Phi) is 6.12. The number of aliphatic carboxylic acids is 1. The van der Waals surface area contributed by atoms with Gasteiger partial charge >= 0.3 is 12.1 Å². The fourth-order valence-electron chi connectivity index (χ4n) is 4.61. The Morgan fingerprint density at radius 3 is 2.27 bits per heavy atom. The molecule has 174 valence electrons. The number of nitrogens with zero attached hydrogens (tertiary/aromatic N) is 1. The van der Waals surface area contributed by atoms with E-state index in [4.69, 9.17) is 9.47 Å². The van der Waals surface area contributed by atoms with Gasteiger partial charge in [-0.05, 0) is 36.1 Å². The Labute approximate surface area is 192 Å². The van der Waals surface area contributed by atoms with Gasteiger partial charge in [0.05, 0.1) is 12.5 Å². The van der Waals surface area contributed by atoms with Crippen LogP contribution in [0.3, 0.4) is 0 Å². The fraction of sp³-hybridized carbons (Fsp3) is 0.400. The maximum Gasteiger partial charge on any atom is 0.407 e. The fourth-order valence-corrected chi connectivity index (χ4v) is 4.61. The SMILES string of the molecule is C[C@H](CNC(=O)OCC1c2ccccc2-c2ccccc21)C(=O)N1[C@H](C(=O)O)COC1(C)C. The number of carboxylic acids is 1. The molecule has 0 aromatic heterocycles. The lowest BCUT2D eigenvalue weighted by atomic mass is 9.98. The van der Waals surface area contributed by atoms with Crippen molar-refractivity contribution in [3.63, 3.8) is 0 Å². The minimum absolute atomic E-state index is 0.0222. The van der Waals surface area contributed by atoms with E-state index in [1.807, 2.05) is 36.4 Å². The third-order valence-electron chi connectivity index (χ3n) is 6.33.